The number of imide groups is 1. The lowest BCUT2D eigenvalue weighted by molar-refractivity contribution is -0.126. The zero-order valence-electron chi connectivity index (χ0n) is 15.3. The molecule has 0 aromatic rings. The predicted molar refractivity (Wildman–Crippen MR) is 98.3 cm³/mol. The van der Waals surface area contributed by atoms with E-state index < -0.39 is 17.9 Å². The van der Waals surface area contributed by atoms with Crippen LogP contribution in [0.4, 0.5) is 4.79 Å². The molecular weight excluding hydrogens is 370 g/mol. The highest BCUT2D eigenvalue weighted by Gasteiger charge is 2.41. The fourth-order valence-corrected chi connectivity index (χ4v) is 5.14. The number of carbonyl (C=O) groups excluding carboxylic acids is 3. The highest BCUT2D eigenvalue weighted by Crippen LogP contribution is 2.31. The molecule has 3 amide bonds. The van der Waals surface area contributed by atoms with Crippen LogP contribution in [0.15, 0.2) is 0 Å². The molecule has 0 aromatic carbocycles. The largest absolute Gasteiger partial charge is 0.450 e. The van der Waals surface area contributed by atoms with Crippen LogP contribution in [0, 0.1) is 23.2 Å². The molecule has 27 heavy (non-hydrogen) atoms. The Hall–Kier alpha value is -1.83. The monoisotopic (exact) mass is 395 g/mol. The molecule has 5 atom stereocenters. The van der Waals surface area contributed by atoms with Gasteiger partial charge in [-0.3, -0.25) is 25.1 Å². The van der Waals surface area contributed by atoms with Gasteiger partial charge in [-0.05, 0) is 31.9 Å². The highest BCUT2D eigenvalue weighted by molar-refractivity contribution is 8.00. The predicted octanol–water partition coefficient (Wildman–Crippen LogP) is -0.0120. The van der Waals surface area contributed by atoms with Crippen molar-refractivity contribution in [3.05, 3.63) is 0 Å². The van der Waals surface area contributed by atoms with Gasteiger partial charge in [0.05, 0.1) is 36.1 Å². The maximum absolute atomic E-state index is 12.7. The first-order chi connectivity index (χ1) is 13.0. The van der Waals surface area contributed by atoms with Crippen LogP contribution < -0.4 is 16.0 Å². The van der Waals surface area contributed by atoms with Gasteiger partial charge >= 0.3 is 6.09 Å². The van der Waals surface area contributed by atoms with Crippen LogP contribution in [-0.4, -0.2) is 65.8 Å². The minimum Gasteiger partial charge on any atom is -0.450 e. The number of fused-ring (bicyclic) bond motifs is 1. The second-order valence-corrected chi connectivity index (χ2v) is 8.23. The van der Waals surface area contributed by atoms with Gasteiger partial charge in [-0.15, -0.1) is 11.8 Å². The van der Waals surface area contributed by atoms with Gasteiger partial charge in [0.2, 0.25) is 11.8 Å². The standard InChI is InChI=1S/C17H25N5O4S/c1-2-26-17(25)21-14(23)11-4-6-27-16(11)20-15(24)12-9-22-5-3-10(8-18)7-13(22)19-12/h10-13,16,19H,2-7,9H2,1H3,(H,20,24)(H,21,23,25). The fraction of sp³-hybridized carbons (Fsp3) is 0.765. The number of ether oxygens (including phenoxy) is 1. The molecule has 0 spiro atoms. The molecule has 3 N–H and O–H groups in total. The van der Waals surface area contributed by atoms with Crippen LogP contribution in [0.25, 0.3) is 0 Å². The van der Waals surface area contributed by atoms with Crippen molar-refractivity contribution in [3.63, 3.8) is 0 Å². The van der Waals surface area contributed by atoms with E-state index in [9.17, 15) is 14.4 Å². The number of hydrogen-bond acceptors (Lipinski definition) is 8. The molecule has 5 unspecified atom stereocenters. The third kappa shape index (κ3) is 4.72. The summed E-state index contributed by atoms with van der Waals surface area (Å²) in [5.74, 6) is -0.261. The summed E-state index contributed by atoms with van der Waals surface area (Å²) in [6.07, 6.45) is 1.45. The Balaban J connectivity index is 1.52. The van der Waals surface area contributed by atoms with Crippen molar-refractivity contribution in [1.82, 2.24) is 20.9 Å². The Labute approximate surface area is 162 Å². The highest BCUT2D eigenvalue weighted by atomic mass is 32.2. The minimum atomic E-state index is -0.758. The topological polar surface area (TPSA) is 124 Å². The zero-order valence-corrected chi connectivity index (χ0v) is 16.1. The SMILES string of the molecule is CCOC(=O)NC(=O)C1CCSC1NC(=O)C1CN2CCC(C#N)CC2N1. The first-order valence-corrected chi connectivity index (χ1v) is 10.4. The van der Waals surface area contributed by atoms with Crippen molar-refractivity contribution in [2.24, 2.45) is 11.8 Å². The summed E-state index contributed by atoms with van der Waals surface area (Å²) in [7, 11) is 0. The van der Waals surface area contributed by atoms with Gasteiger partial charge in [-0.2, -0.15) is 5.26 Å². The van der Waals surface area contributed by atoms with Gasteiger partial charge < -0.3 is 10.1 Å². The molecule has 3 aliphatic rings. The zero-order chi connectivity index (χ0) is 19.4. The maximum Gasteiger partial charge on any atom is 0.413 e. The molecule has 3 rings (SSSR count). The lowest BCUT2D eigenvalue weighted by Gasteiger charge is -2.31. The first kappa shape index (κ1) is 19.9. The summed E-state index contributed by atoms with van der Waals surface area (Å²) in [4.78, 5) is 38.6. The summed E-state index contributed by atoms with van der Waals surface area (Å²) in [6.45, 7) is 3.27. The van der Waals surface area contributed by atoms with E-state index in [0.29, 0.717) is 13.0 Å². The molecule has 9 nitrogen and oxygen atoms in total. The van der Waals surface area contributed by atoms with Gasteiger partial charge in [0, 0.05) is 13.1 Å². The van der Waals surface area contributed by atoms with Crippen LogP contribution in [0.1, 0.15) is 26.2 Å². The van der Waals surface area contributed by atoms with E-state index in [4.69, 9.17) is 10.00 Å². The Morgan fingerprint density at radius 2 is 2.15 bits per heavy atom. The molecule has 0 saturated carbocycles. The van der Waals surface area contributed by atoms with Gasteiger partial charge in [0.1, 0.15) is 6.04 Å². The van der Waals surface area contributed by atoms with E-state index >= 15 is 0 Å². The maximum atomic E-state index is 12.7. The van der Waals surface area contributed by atoms with E-state index in [1.165, 1.54) is 11.8 Å². The summed E-state index contributed by atoms with van der Waals surface area (Å²) < 4.78 is 4.74. The van der Waals surface area contributed by atoms with Crippen LogP contribution in [0.5, 0.6) is 0 Å². The fourth-order valence-electron chi connectivity index (χ4n) is 3.80. The molecule has 3 fully saturated rings. The lowest BCUT2D eigenvalue weighted by atomic mass is 9.97. The second kappa shape index (κ2) is 8.91. The molecule has 3 saturated heterocycles. The number of carbonyl (C=O) groups is 3. The first-order valence-electron chi connectivity index (χ1n) is 9.31. The van der Waals surface area contributed by atoms with Crippen molar-refractivity contribution in [3.8, 4) is 6.07 Å². The number of thioether (sulfide) groups is 1. The van der Waals surface area contributed by atoms with E-state index in [2.05, 4.69) is 26.9 Å². The molecule has 148 valence electrons. The van der Waals surface area contributed by atoms with Crippen LogP contribution >= 0.6 is 11.8 Å². The lowest BCUT2D eigenvalue weighted by Crippen LogP contribution is -2.50. The summed E-state index contributed by atoms with van der Waals surface area (Å²) in [6, 6.07) is 1.95. The number of nitrogens with one attached hydrogen (secondary N) is 3. The Morgan fingerprint density at radius 1 is 1.33 bits per heavy atom. The molecule has 0 bridgehead atoms. The van der Waals surface area contributed by atoms with E-state index in [-0.39, 0.29) is 36.0 Å². The Morgan fingerprint density at radius 3 is 2.89 bits per heavy atom. The minimum absolute atomic E-state index is 0.0295. The number of nitriles is 1. The Bertz CT molecular complexity index is 639. The summed E-state index contributed by atoms with van der Waals surface area (Å²) in [5, 5.41) is 17.2. The normalized spacial score (nSPS) is 33.0. The number of hydrogen-bond donors (Lipinski definition) is 3. The van der Waals surface area contributed by atoms with Gasteiger partial charge in [-0.25, -0.2) is 4.79 Å². The number of alkyl carbamates (subject to hydrolysis) is 1. The molecule has 0 aliphatic carbocycles. The quantitative estimate of drug-likeness (QED) is 0.607. The number of amides is 3. The molecule has 10 heteroatoms. The molecule has 0 radical (unpaired) electrons. The average Bonchev–Trinajstić information content (AvgIpc) is 3.27. The van der Waals surface area contributed by atoms with Crippen molar-refractivity contribution < 1.29 is 19.1 Å². The van der Waals surface area contributed by atoms with Crippen molar-refractivity contribution in [2.75, 3.05) is 25.4 Å². The molecule has 3 heterocycles. The number of nitrogens with zero attached hydrogens (tertiary/aromatic N) is 2. The van der Waals surface area contributed by atoms with Crippen LogP contribution in [0.2, 0.25) is 0 Å². The number of rotatable bonds is 4. The van der Waals surface area contributed by atoms with E-state index in [1.807, 2.05) is 0 Å². The van der Waals surface area contributed by atoms with Crippen molar-refractivity contribution in [1.29, 1.82) is 5.26 Å². The van der Waals surface area contributed by atoms with Crippen molar-refractivity contribution in [2.45, 2.75) is 43.8 Å². The molecular formula is C17H25N5O4S. The van der Waals surface area contributed by atoms with Gasteiger partial charge in [0.25, 0.3) is 0 Å². The van der Waals surface area contributed by atoms with E-state index in [0.717, 1.165) is 25.1 Å². The van der Waals surface area contributed by atoms with Crippen LogP contribution in [-0.2, 0) is 14.3 Å². The average molecular weight is 395 g/mol. The smallest absolute Gasteiger partial charge is 0.413 e. The Kier molecular flexibility index (Phi) is 6.57. The summed E-state index contributed by atoms with van der Waals surface area (Å²) >= 11 is 1.51. The molecule has 0 aromatic heterocycles. The van der Waals surface area contributed by atoms with E-state index in [1.54, 1.807) is 6.92 Å². The second-order valence-electron chi connectivity index (χ2n) is 6.99. The van der Waals surface area contributed by atoms with Gasteiger partial charge in [0.15, 0.2) is 0 Å². The third-order valence-corrected chi connectivity index (χ3v) is 6.51. The third-order valence-electron chi connectivity index (χ3n) is 5.24. The van der Waals surface area contributed by atoms with Gasteiger partial charge in [-0.1, -0.05) is 0 Å². The molecule has 3 aliphatic heterocycles. The summed E-state index contributed by atoms with van der Waals surface area (Å²) in [5.41, 5.74) is 0. The van der Waals surface area contributed by atoms with Crippen LogP contribution in [0.3, 0.4) is 0 Å². The van der Waals surface area contributed by atoms with Crippen molar-refractivity contribution >= 4 is 29.7 Å². The number of piperidine rings is 1.